The minimum atomic E-state index is -0.0196. The second kappa shape index (κ2) is 6.89. The first-order chi connectivity index (χ1) is 9.29. The highest BCUT2D eigenvalue weighted by atomic mass is 16.5. The van der Waals surface area contributed by atoms with E-state index in [0.29, 0.717) is 13.2 Å². The van der Waals surface area contributed by atoms with Gasteiger partial charge in [0.05, 0.1) is 24.5 Å². The summed E-state index contributed by atoms with van der Waals surface area (Å²) in [6, 6.07) is 9.72. The molecule has 0 fully saturated rings. The van der Waals surface area contributed by atoms with Gasteiger partial charge in [-0.1, -0.05) is 36.8 Å². The summed E-state index contributed by atoms with van der Waals surface area (Å²) >= 11 is 0. The van der Waals surface area contributed by atoms with Gasteiger partial charge in [0.2, 0.25) is 0 Å². The molecule has 5 heteroatoms. The Balaban J connectivity index is 1.80. The van der Waals surface area contributed by atoms with E-state index >= 15 is 0 Å². The number of benzene rings is 1. The Labute approximate surface area is 113 Å². The summed E-state index contributed by atoms with van der Waals surface area (Å²) in [6.07, 6.45) is 3.87. The third kappa shape index (κ3) is 4.06. The number of para-hydroxylation sites is 1. The predicted octanol–water partition coefficient (Wildman–Crippen LogP) is 2.16. The SMILES string of the molecule is CCCC(N)c1cn(CCOc2ccccc2)nn1. The number of nitrogens with two attached hydrogens (primary N) is 1. The van der Waals surface area contributed by atoms with Crippen molar-refractivity contribution in [2.24, 2.45) is 5.73 Å². The maximum Gasteiger partial charge on any atom is 0.119 e. The summed E-state index contributed by atoms with van der Waals surface area (Å²) in [5, 5.41) is 8.15. The van der Waals surface area contributed by atoms with E-state index in [2.05, 4.69) is 17.2 Å². The van der Waals surface area contributed by atoms with Gasteiger partial charge in [0, 0.05) is 0 Å². The second-order valence-corrected chi connectivity index (χ2v) is 4.46. The number of hydrogen-bond acceptors (Lipinski definition) is 4. The molecular formula is C14H20N4O. The molecule has 19 heavy (non-hydrogen) atoms. The van der Waals surface area contributed by atoms with E-state index in [1.54, 1.807) is 4.68 Å². The number of ether oxygens (including phenoxy) is 1. The van der Waals surface area contributed by atoms with Gasteiger partial charge in [0.1, 0.15) is 12.4 Å². The average molecular weight is 260 g/mol. The van der Waals surface area contributed by atoms with Crippen molar-refractivity contribution in [1.29, 1.82) is 0 Å². The minimum Gasteiger partial charge on any atom is -0.492 e. The molecular weight excluding hydrogens is 240 g/mol. The summed E-state index contributed by atoms with van der Waals surface area (Å²) in [4.78, 5) is 0. The van der Waals surface area contributed by atoms with Crippen LogP contribution in [0.3, 0.4) is 0 Å². The largest absolute Gasteiger partial charge is 0.492 e. The van der Waals surface area contributed by atoms with Gasteiger partial charge in [0.15, 0.2) is 0 Å². The van der Waals surface area contributed by atoms with Crippen LogP contribution in [-0.4, -0.2) is 21.6 Å². The quantitative estimate of drug-likeness (QED) is 0.828. The van der Waals surface area contributed by atoms with Crippen LogP contribution < -0.4 is 10.5 Å². The number of rotatable bonds is 7. The highest BCUT2D eigenvalue weighted by Gasteiger charge is 2.09. The summed E-state index contributed by atoms with van der Waals surface area (Å²) in [5.41, 5.74) is 6.84. The fourth-order valence-corrected chi connectivity index (χ4v) is 1.83. The minimum absolute atomic E-state index is 0.0196. The molecule has 0 bridgehead atoms. The molecule has 0 aliphatic heterocycles. The zero-order chi connectivity index (χ0) is 13.5. The van der Waals surface area contributed by atoms with E-state index in [-0.39, 0.29) is 6.04 Å². The molecule has 0 saturated heterocycles. The average Bonchev–Trinajstić information content (AvgIpc) is 2.89. The van der Waals surface area contributed by atoms with Crippen LogP contribution in [0.5, 0.6) is 5.75 Å². The lowest BCUT2D eigenvalue weighted by molar-refractivity contribution is 0.289. The van der Waals surface area contributed by atoms with Gasteiger partial charge < -0.3 is 10.5 Å². The van der Waals surface area contributed by atoms with Gasteiger partial charge in [-0.2, -0.15) is 0 Å². The van der Waals surface area contributed by atoms with Crippen LogP contribution in [0.1, 0.15) is 31.5 Å². The lowest BCUT2D eigenvalue weighted by Crippen LogP contribution is -2.10. The predicted molar refractivity (Wildman–Crippen MR) is 73.8 cm³/mol. The van der Waals surface area contributed by atoms with Gasteiger partial charge >= 0.3 is 0 Å². The molecule has 102 valence electrons. The molecule has 1 unspecified atom stereocenters. The van der Waals surface area contributed by atoms with Crippen LogP contribution in [0.2, 0.25) is 0 Å². The van der Waals surface area contributed by atoms with Crippen LogP contribution in [0.15, 0.2) is 36.5 Å². The van der Waals surface area contributed by atoms with Crippen molar-refractivity contribution in [2.45, 2.75) is 32.4 Å². The molecule has 0 amide bonds. The summed E-state index contributed by atoms with van der Waals surface area (Å²) < 4.78 is 7.38. The van der Waals surface area contributed by atoms with E-state index in [9.17, 15) is 0 Å². The summed E-state index contributed by atoms with van der Waals surface area (Å²) in [6.45, 7) is 3.34. The first-order valence-corrected chi connectivity index (χ1v) is 6.63. The highest BCUT2D eigenvalue weighted by Crippen LogP contribution is 2.12. The third-order valence-corrected chi connectivity index (χ3v) is 2.87. The normalized spacial score (nSPS) is 12.3. The maximum absolute atomic E-state index is 5.99. The standard InChI is InChI=1S/C14H20N4O/c1-2-6-13(15)14-11-18(17-16-14)9-10-19-12-7-4-3-5-8-12/h3-5,7-8,11,13H,2,6,9-10,15H2,1H3. The fourth-order valence-electron chi connectivity index (χ4n) is 1.83. The van der Waals surface area contributed by atoms with E-state index in [4.69, 9.17) is 10.5 Å². The molecule has 1 heterocycles. The molecule has 2 N–H and O–H groups in total. The number of aromatic nitrogens is 3. The molecule has 0 saturated carbocycles. The highest BCUT2D eigenvalue weighted by molar-refractivity contribution is 5.20. The van der Waals surface area contributed by atoms with Crippen LogP contribution >= 0.6 is 0 Å². The Hall–Kier alpha value is -1.88. The van der Waals surface area contributed by atoms with Crippen molar-refractivity contribution >= 4 is 0 Å². The molecule has 5 nitrogen and oxygen atoms in total. The van der Waals surface area contributed by atoms with Gasteiger partial charge in [-0.25, -0.2) is 4.68 Å². The Morgan fingerprint density at radius 1 is 1.32 bits per heavy atom. The van der Waals surface area contributed by atoms with E-state index < -0.39 is 0 Å². The molecule has 1 aromatic heterocycles. The van der Waals surface area contributed by atoms with Crippen LogP contribution in [0.4, 0.5) is 0 Å². The molecule has 0 radical (unpaired) electrons. The lowest BCUT2D eigenvalue weighted by atomic mass is 10.1. The van der Waals surface area contributed by atoms with Crippen molar-refractivity contribution in [2.75, 3.05) is 6.61 Å². The molecule has 0 spiro atoms. The zero-order valence-corrected chi connectivity index (χ0v) is 11.2. The number of hydrogen-bond donors (Lipinski definition) is 1. The van der Waals surface area contributed by atoms with Crippen molar-refractivity contribution < 1.29 is 4.74 Å². The van der Waals surface area contributed by atoms with Crippen LogP contribution in [-0.2, 0) is 6.54 Å². The lowest BCUT2D eigenvalue weighted by Gasteiger charge is -2.06. The third-order valence-electron chi connectivity index (χ3n) is 2.87. The molecule has 0 aliphatic carbocycles. The molecule has 1 atom stereocenters. The fraction of sp³-hybridized carbons (Fsp3) is 0.429. The van der Waals surface area contributed by atoms with Crippen molar-refractivity contribution in [3.63, 3.8) is 0 Å². The summed E-state index contributed by atoms with van der Waals surface area (Å²) in [7, 11) is 0. The maximum atomic E-state index is 5.99. The first kappa shape index (κ1) is 13.5. The topological polar surface area (TPSA) is 66.0 Å². The Kier molecular flexibility index (Phi) is 4.92. The second-order valence-electron chi connectivity index (χ2n) is 4.46. The molecule has 2 aromatic rings. The van der Waals surface area contributed by atoms with Gasteiger partial charge in [0.25, 0.3) is 0 Å². The number of nitrogens with zero attached hydrogens (tertiary/aromatic N) is 3. The zero-order valence-electron chi connectivity index (χ0n) is 11.2. The van der Waals surface area contributed by atoms with E-state index in [0.717, 1.165) is 24.3 Å². The Morgan fingerprint density at radius 2 is 2.11 bits per heavy atom. The van der Waals surface area contributed by atoms with E-state index in [1.165, 1.54) is 0 Å². The first-order valence-electron chi connectivity index (χ1n) is 6.63. The van der Waals surface area contributed by atoms with Crippen LogP contribution in [0.25, 0.3) is 0 Å². The van der Waals surface area contributed by atoms with Crippen LogP contribution in [0, 0.1) is 0 Å². The van der Waals surface area contributed by atoms with E-state index in [1.807, 2.05) is 36.5 Å². The van der Waals surface area contributed by atoms with Gasteiger partial charge in [-0.15, -0.1) is 5.10 Å². The van der Waals surface area contributed by atoms with Crippen molar-refractivity contribution in [3.8, 4) is 5.75 Å². The molecule has 2 rings (SSSR count). The molecule has 0 aliphatic rings. The Bertz CT molecular complexity index is 483. The molecule has 1 aromatic carbocycles. The van der Waals surface area contributed by atoms with Gasteiger partial charge in [-0.05, 0) is 18.6 Å². The Morgan fingerprint density at radius 3 is 2.84 bits per heavy atom. The van der Waals surface area contributed by atoms with Crippen molar-refractivity contribution in [1.82, 2.24) is 15.0 Å². The smallest absolute Gasteiger partial charge is 0.119 e. The monoisotopic (exact) mass is 260 g/mol. The summed E-state index contributed by atoms with van der Waals surface area (Å²) in [5.74, 6) is 0.866. The van der Waals surface area contributed by atoms with Crippen molar-refractivity contribution in [3.05, 3.63) is 42.2 Å². The van der Waals surface area contributed by atoms with Gasteiger partial charge in [-0.3, -0.25) is 0 Å².